The minimum Gasteiger partial charge on any atom is -0.464 e. The molecule has 0 radical (unpaired) electrons. The first-order valence-electron chi connectivity index (χ1n) is 8.35. The van der Waals surface area contributed by atoms with Gasteiger partial charge in [-0.2, -0.15) is 10.4 Å². The zero-order chi connectivity index (χ0) is 19.6. The Hall–Kier alpha value is -3.11. The van der Waals surface area contributed by atoms with Crippen molar-refractivity contribution in [3.63, 3.8) is 0 Å². The number of nitrogens with zero attached hydrogens (tertiary/aromatic N) is 4. The summed E-state index contributed by atoms with van der Waals surface area (Å²) in [6.45, 7) is 5.52. The third-order valence-electron chi connectivity index (χ3n) is 4.09. The highest BCUT2D eigenvalue weighted by molar-refractivity contribution is 6.31. The molecule has 3 aromatic rings. The highest BCUT2D eigenvalue weighted by Gasteiger charge is 2.32. The van der Waals surface area contributed by atoms with Crippen molar-refractivity contribution >= 4 is 40.0 Å². The van der Waals surface area contributed by atoms with E-state index in [1.165, 1.54) is 4.68 Å². The van der Waals surface area contributed by atoms with E-state index in [2.05, 4.69) is 21.5 Å². The highest BCUT2D eigenvalue weighted by Crippen LogP contribution is 2.26. The molecule has 0 unspecified atom stereocenters. The predicted octanol–water partition coefficient (Wildman–Crippen LogP) is 4.00. The SMILES string of the molecule is CCOC(=O)C(C)(C)n1cc(Nc2cc(C#N)c3cc(Cl)ccc3n2)cn1. The van der Waals surface area contributed by atoms with Crippen molar-refractivity contribution in [2.45, 2.75) is 26.3 Å². The molecule has 8 heteroatoms. The maximum Gasteiger partial charge on any atom is 0.333 e. The van der Waals surface area contributed by atoms with Crippen molar-refractivity contribution in [2.75, 3.05) is 11.9 Å². The summed E-state index contributed by atoms with van der Waals surface area (Å²) < 4.78 is 6.62. The number of carbonyl (C=O) groups is 1. The zero-order valence-electron chi connectivity index (χ0n) is 15.2. The lowest BCUT2D eigenvalue weighted by atomic mass is 10.1. The van der Waals surface area contributed by atoms with Crippen LogP contribution in [0.15, 0.2) is 36.7 Å². The lowest BCUT2D eigenvalue weighted by molar-refractivity contribution is -0.152. The van der Waals surface area contributed by atoms with Crippen molar-refractivity contribution in [1.29, 1.82) is 5.26 Å². The smallest absolute Gasteiger partial charge is 0.333 e. The predicted molar refractivity (Wildman–Crippen MR) is 103 cm³/mol. The number of rotatable bonds is 5. The molecule has 3 rings (SSSR count). The molecule has 0 aliphatic carbocycles. The minimum absolute atomic E-state index is 0.302. The normalized spacial score (nSPS) is 11.2. The van der Waals surface area contributed by atoms with Crippen molar-refractivity contribution in [3.8, 4) is 6.07 Å². The summed E-state index contributed by atoms with van der Waals surface area (Å²) in [7, 11) is 0. The standard InChI is InChI=1S/C19H18ClN5O2/c1-4-27-18(26)19(2,3)25-11-14(10-22-25)23-17-7-12(9-21)15-8-13(20)5-6-16(15)24-17/h5-8,10-11H,4H2,1-3H3,(H,23,24). The topological polar surface area (TPSA) is 92.8 Å². The Morgan fingerprint density at radius 1 is 1.41 bits per heavy atom. The van der Waals surface area contributed by atoms with Crippen LogP contribution in [0.1, 0.15) is 26.3 Å². The second-order valence-electron chi connectivity index (χ2n) is 6.41. The number of hydrogen-bond donors (Lipinski definition) is 1. The molecule has 7 nitrogen and oxygen atoms in total. The van der Waals surface area contributed by atoms with Gasteiger partial charge in [0.2, 0.25) is 0 Å². The Kier molecular flexibility index (Phi) is 5.02. The summed E-state index contributed by atoms with van der Waals surface area (Å²) in [4.78, 5) is 16.6. The van der Waals surface area contributed by atoms with E-state index >= 15 is 0 Å². The fourth-order valence-corrected chi connectivity index (χ4v) is 2.77. The van der Waals surface area contributed by atoms with Crippen LogP contribution in [0.5, 0.6) is 0 Å². The van der Waals surface area contributed by atoms with Gasteiger partial charge < -0.3 is 10.1 Å². The van der Waals surface area contributed by atoms with Crippen LogP contribution >= 0.6 is 11.6 Å². The largest absolute Gasteiger partial charge is 0.464 e. The van der Waals surface area contributed by atoms with Crippen LogP contribution in [0.25, 0.3) is 10.9 Å². The fourth-order valence-electron chi connectivity index (χ4n) is 2.60. The summed E-state index contributed by atoms with van der Waals surface area (Å²) >= 11 is 6.01. The summed E-state index contributed by atoms with van der Waals surface area (Å²) in [6.07, 6.45) is 3.28. The molecule has 0 aliphatic heterocycles. The third-order valence-corrected chi connectivity index (χ3v) is 4.33. The second-order valence-corrected chi connectivity index (χ2v) is 6.84. The maximum absolute atomic E-state index is 12.1. The number of anilines is 2. The van der Waals surface area contributed by atoms with E-state index in [-0.39, 0.29) is 5.97 Å². The van der Waals surface area contributed by atoms with Crippen molar-refractivity contribution in [1.82, 2.24) is 14.8 Å². The van der Waals surface area contributed by atoms with Crippen molar-refractivity contribution in [2.24, 2.45) is 0 Å². The van der Waals surface area contributed by atoms with Crippen LogP contribution in [0.4, 0.5) is 11.5 Å². The van der Waals surface area contributed by atoms with E-state index in [0.717, 1.165) is 0 Å². The first kappa shape index (κ1) is 18.7. The van der Waals surface area contributed by atoms with E-state index < -0.39 is 5.54 Å². The number of aromatic nitrogens is 3. The molecule has 0 amide bonds. The van der Waals surface area contributed by atoms with Crippen LogP contribution in [0, 0.1) is 11.3 Å². The van der Waals surface area contributed by atoms with E-state index in [0.29, 0.717) is 39.6 Å². The van der Waals surface area contributed by atoms with Gasteiger partial charge in [-0.1, -0.05) is 11.6 Å². The van der Waals surface area contributed by atoms with Gasteiger partial charge in [-0.25, -0.2) is 9.78 Å². The molecule has 2 aromatic heterocycles. The fraction of sp³-hybridized carbons (Fsp3) is 0.263. The van der Waals surface area contributed by atoms with Crippen LogP contribution in [0.3, 0.4) is 0 Å². The summed E-state index contributed by atoms with van der Waals surface area (Å²) in [5.74, 6) is 0.127. The Morgan fingerprint density at radius 2 is 2.19 bits per heavy atom. The second kappa shape index (κ2) is 7.25. The summed E-state index contributed by atoms with van der Waals surface area (Å²) in [5, 5.41) is 18.0. The number of nitriles is 1. The molecule has 0 spiro atoms. The highest BCUT2D eigenvalue weighted by atomic mass is 35.5. The maximum atomic E-state index is 12.1. The van der Waals surface area contributed by atoms with Crippen LogP contribution in [-0.2, 0) is 15.1 Å². The van der Waals surface area contributed by atoms with Gasteiger partial charge in [0.05, 0.1) is 35.6 Å². The number of esters is 1. The van der Waals surface area contributed by atoms with E-state index in [9.17, 15) is 10.1 Å². The van der Waals surface area contributed by atoms with Crippen LogP contribution < -0.4 is 5.32 Å². The van der Waals surface area contributed by atoms with E-state index in [4.69, 9.17) is 16.3 Å². The molecule has 0 atom stereocenters. The molecular formula is C19H18ClN5O2. The van der Waals surface area contributed by atoms with Crippen LogP contribution in [0.2, 0.25) is 5.02 Å². The first-order valence-corrected chi connectivity index (χ1v) is 8.72. The van der Waals surface area contributed by atoms with Gasteiger partial charge in [0.15, 0.2) is 5.54 Å². The lowest BCUT2D eigenvalue weighted by Gasteiger charge is -2.22. The Morgan fingerprint density at radius 3 is 2.89 bits per heavy atom. The molecule has 2 heterocycles. The zero-order valence-corrected chi connectivity index (χ0v) is 15.9. The van der Waals surface area contributed by atoms with Gasteiger partial charge in [0.25, 0.3) is 0 Å². The molecule has 1 aromatic carbocycles. The summed E-state index contributed by atoms with van der Waals surface area (Å²) in [6, 6.07) is 9.01. The quantitative estimate of drug-likeness (QED) is 0.669. The average molecular weight is 384 g/mol. The lowest BCUT2D eigenvalue weighted by Crippen LogP contribution is -2.37. The van der Waals surface area contributed by atoms with Gasteiger partial charge in [-0.15, -0.1) is 0 Å². The molecule has 0 aliphatic rings. The van der Waals surface area contributed by atoms with Crippen LogP contribution in [-0.4, -0.2) is 27.3 Å². The molecular weight excluding hydrogens is 366 g/mol. The number of nitrogens with one attached hydrogen (secondary N) is 1. The van der Waals surface area contributed by atoms with E-state index in [1.807, 2.05) is 0 Å². The molecule has 1 N–H and O–H groups in total. The first-order chi connectivity index (χ1) is 12.8. The number of halogens is 1. The number of benzene rings is 1. The van der Waals surface area contributed by atoms with Gasteiger partial charge in [-0.05, 0) is 45.0 Å². The Balaban J connectivity index is 1.91. The molecule has 27 heavy (non-hydrogen) atoms. The van der Waals surface area contributed by atoms with Gasteiger partial charge in [-0.3, -0.25) is 4.68 Å². The molecule has 0 bridgehead atoms. The third kappa shape index (κ3) is 3.71. The number of fused-ring (bicyclic) bond motifs is 1. The van der Waals surface area contributed by atoms with Crippen molar-refractivity contribution in [3.05, 3.63) is 47.2 Å². The number of carbonyl (C=O) groups excluding carboxylic acids is 1. The molecule has 0 saturated carbocycles. The molecule has 0 fully saturated rings. The van der Waals surface area contributed by atoms with Gasteiger partial charge >= 0.3 is 5.97 Å². The van der Waals surface area contributed by atoms with Gasteiger partial charge in [0.1, 0.15) is 5.82 Å². The number of pyridine rings is 1. The molecule has 138 valence electrons. The van der Waals surface area contributed by atoms with E-state index in [1.54, 1.807) is 57.4 Å². The molecule has 0 saturated heterocycles. The minimum atomic E-state index is -0.943. The Bertz CT molecular complexity index is 1050. The average Bonchev–Trinajstić information content (AvgIpc) is 3.10. The number of hydrogen-bond acceptors (Lipinski definition) is 6. The Labute approximate surface area is 161 Å². The van der Waals surface area contributed by atoms with Gasteiger partial charge in [0, 0.05) is 16.6 Å². The number of ether oxygens (including phenoxy) is 1. The van der Waals surface area contributed by atoms with Crippen molar-refractivity contribution < 1.29 is 9.53 Å². The summed E-state index contributed by atoms with van der Waals surface area (Å²) in [5.41, 5.74) is 0.808. The monoisotopic (exact) mass is 383 g/mol.